The number of amides is 2. The number of hydrogen-bond acceptors (Lipinski definition) is 3. The van der Waals surface area contributed by atoms with Crippen LogP contribution in [0.1, 0.15) is 66.7 Å². The minimum atomic E-state index is -0.691. The Balaban J connectivity index is 1.67. The molecule has 1 atom stereocenters. The summed E-state index contributed by atoms with van der Waals surface area (Å²) < 4.78 is 30.4. The van der Waals surface area contributed by atoms with Crippen LogP contribution in [0.2, 0.25) is 0 Å². The van der Waals surface area contributed by atoms with E-state index in [1.54, 1.807) is 23.1 Å². The lowest BCUT2D eigenvalue weighted by molar-refractivity contribution is -0.128. The highest BCUT2D eigenvalue weighted by atomic mass is 19.1. The monoisotopic (exact) mass is 493 g/mol. The van der Waals surface area contributed by atoms with Gasteiger partial charge in [0.05, 0.1) is 29.2 Å². The molecule has 5 rings (SSSR count). The molecular formula is C28H29F2N3O3. The molecule has 8 heteroatoms. The van der Waals surface area contributed by atoms with Gasteiger partial charge in [-0.1, -0.05) is 31.2 Å². The fourth-order valence-electron chi connectivity index (χ4n) is 5.24. The SMILES string of the molecule is CCCn1c(CN2CCCC2=O)c(C(=O)N[C@H](c2cccc(F)c2)C2CC2)c2cccc(F)c2c1=O. The van der Waals surface area contributed by atoms with Gasteiger partial charge in [-0.2, -0.15) is 0 Å². The van der Waals surface area contributed by atoms with Crippen LogP contribution in [-0.2, 0) is 17.9 Å². The first-order valence-corrected chi connectivity index (χ1v) is 12.6. The summed E-state index contributed by atoms with van der Waals surface area (Å²) in [5, 5.41) is 3.15. The maximum absolute atomic E-state index is 15.0. The van der Waals surface area contributed by atoms with Gasteiger partial charge in [0, 0.05) is 24.9 Å². The molecule has 3 aromatic rings. The molecule has 1 saturated heterocycles. The number of carbonyl (C=O) groups excluding carboxylic acids is 2. The van der Waals surface area contributed by atoms with Crippen molar-refractivity contribution in [1.82, 2.24) is 14.8 Å². The lowest BCUT2D eigenvalue weighted by Gasteiger charge is -2.25. The van der Waals surface area contributed by atoms with E-state index < -0.39 is 23.3 Å². The fourth-order valence-corrected chi connectivity index (χ4v) is 5.24. The second kappa shape index (κ2) is 9.84. The third-order valence-corrected chi connectivity index (χ3v) is 7.13. The summed E-state index contributed by atoms with van der Waals surface area (Å²) in [6.07, 6.45) is 3.54. The molecule has 2 fully saturated rings. The number of rotatable bonds is 8. The first-order chi connectivity index (χ1) is 17.4. The molecule has 1 saturated carbocycles. The van der Waals surface area contributed by atoms with Crippen LogP contribution in [0.4, 0.5) is 8.78 Å². The van der Waals surface area contributed by atoms with Crippen LogP contribution in [0, 0.1) is 17.6 Å². The molecule has 1 aliphatic carbocycles. The zero-order chi connectivity index (χ0) is 25.4. The molecule has 0 unspecified atom stereocenters. The second-order valence-corrected chi connectivity index (χ2v) is 9.70. The molecule has 188 valence electrons. The molecule has 2 heterocycles. The Labute approximate surface area is 207 Å². The van der Waals surface area contributed by atoms with E-state index in [4.69, 9.17) is 0 Å². The van der Waals surface area contributed by atoms with Gasteiger partial charge in [0.25, 0.3) is 11.5 Å². The van der Waals surface area contributed by atoms with Crippen LogP contribution in [0.25, 0.3) is 10.8 Å². The minimum Gasteiger partial charge on any atom is -0.345 e. The predicted molar refractivity (Wildman–Crippen MR) is 132 cm³/mol. The van der Waals surface area contributed by atoms with Crippen LogP contribution >= 0.6 is 0 Å². The molecule has 2 aliphatic rings. The predicted octanol–water partition coefficient (Wildman–Crippen LogP) is 4.69. The summed E-state index contributed by atoms with van der Waals surface area (Å²) in [5.41, 5.74) is 0.757. The van der Waals surface area contributed by atoms with E-state index in [1.807, 2.05) is 6.92 Å². The number of aromatic nitrogens is 1. The van der Waals surface area contributed by atoms with Crippen molar-refractivity contribution in [2.75, 3.05) is 6.54 Å². The number of nitrogens with one attached hydrogen (secondary N) is 1. The molecule has 6 nitrogen and oxygen atoms in total. The Kier molecular flexibility index (Phi) is 6.60. The normalized spacial score (nSPS) is 16.5. The molecule has 0 spiro atoms. The lowest BCUT2D eigenvalue weighted by atomic mass is 9.98. The molecule has 1 N–H and O–H groups in total. The van der Waals surface area contributed by atoms with Crippen molar-refractivity contribution in [3.05, 3.63) is 81.3 Å². The van der Waals surface area contributed by atoms with Crippen LogP contribution in [0.15, 0.2) is 47.3 Å². The lowest BCUT2D eigenvalue weighted by Crippen LogP contribution is -2.37. The van der Waals surface area contributed by atoms with Gasteiger partial charge in [0.2, 0.25) is 5.91 Å². The molecule has 1 aromatic heterocycles. The van der Waals surface area contributed by atoms with E-state index in [0.717, 1.165) is 12.8 Å². The summed E-state index contributed by atoms with van der Waals surface area (Å²) in [6.45, 7) is 2.82. The van der Waals surface area contributed by atoms with Crippen molar-refractivity contribution in [2.45, 2.75) is 58.2 Å². The van der Waals surface area contributed by atoms with Gasteiger partial charge in [-0.25, -0.2) is 8.78 Å². The van der Waals surface area contributed by atoms with Crippen molar-refractivity contribution in [3.8, 4) is 0 Å². The number of carbonyl (C=O) groups is 2. The Hall–Kier alpha value is -3.55. The minimum absolute atomic E-state index is 0.0354. The quantitative estimate of drug-likeness (QED) is 0.495. The highest BCUT2D eigenvalue weighted by molar-refractivity contribution is 6.08. The molecule has 2 amide bonds. The zero-order valence-corrected chi connectivity index (χ0v) is 20.2. The van der Waals surface area contributed by atoms with Crippen molar-refractivity contribution in [2.24, 2.45) is 5.92 Å². The Bertz CT molecular complexity index is 1400. The summed E-state index contributed by atoms with van der Waals surface area (Å²) >= 11 is 0. The number of fused-ring (bicyclic) bond motifs is 1. The van der Waals surface area contributed by atoms with Crippen molar-refractivity contribution >= 4 is 22.6 Å². The Morgan fingerprint density at radius 2 is 1.92 bits per heavy atom. The van der Waals surface area contributed by atoms with Gasteiger partial charge in [-0.3, -0.25) is 14.4 Å². The standard InChI is InChI=1S/C28H29F2N3O3/c1-2-13-33-22(16-32-14-5-10-23(32)34)25(20-8-4-9-21(30)24(20)28(33)36)27(35)31-26(17-11-12-17)18-6-3-7-19(29)15-18/h3-4,6-9,15,17,26H,2,5,10-14,16H2,1H3,(H,31,35)/t26-/m0/s1. The number of nitrogens with zero attached hydrogens (tertiary/aromatic N) is 2. The number of pyridine rings is 1. The molecule has 1 aliphatic heterocycles. The topological polar surface area (TPSA) is 71.4 Å². The maximum Gasteiger partial charge on any atom is 0.261 e. The van der Waals surface area contributed by atoms with E-state index in [-0.39, 0.29) is 47.1 Å². The number of hydrogen-bond donors (Lipinski definition) is 1. The van der Waals surface area contributed by atoms with E-state index in [9.17, 15) is 23.2 Å². The van der Waals surface area contributed by atoms with E-state index in [2.05, 4.69) is 5.32 Å². The third-order valence-electron chi connectivity index (χ3n) is 7.13. The number of halogens is 2. The summed E-state index contributed by atoms with van der Waals surface area (Å²) in [7, 11) is 0. The highest BCUT2D eigenvalue weighted by Crippen LogP contribution is 2.41. The highest BCUT2D eigenvalue weighted by Gasteiger charge is 2.35. The second-order valence-electron chi connectivity index (χ2n) is 9.70. The number of benzene rings is 2. The summed E-state index contributed by atoms with van der Waals surface area (Å²) in [4.78, 5) is 41.5. The van der Waals surface area contributed by atoms with Crippen LogP contribution in [0.3, 0.4) is 0 Å². The average Bonchev–Trinajstić information content (AvgIpc) is 3.61. The van der Waals surface area contributed by atoms with Crippen LogP contribution in [-0.4, -0.2) is 27.8 Å². The number of likely N-dealkylation sites (tertiary alicyclic amines) is 1. The summed E-state index contributed by atoms with van der Waals surface area (Å²) in [6, 6.07) is 10.0. The Morgan fingerprint density at radius 3 is 2.58 bits per heavy atom. The smallest absolute Gasteiger partial charge is 0.261 e. The van der Waals surface area contributed by atoms with Crippen molar-refractivity contribution in [3.63, 3.8) is 0 Å². The molecule has 2 aromatic carbocycles. The fraction of sp³-hybridized carbons (Fsp3) is 0.393. The van der Waals surface area contributed by atoms with Crippen molar-refractivity contribution in [1.29, 1.82) is 0 Å². The van der Waals surface area contributed by atoms with Gasteiger partial charge in [0.1, 0.15) is 11.6 Å². The first-order valence-electron chi connectivity index (χ1n) is 12.6. The molecule has 36 heavy (non-hydrogen) atoms. The largest absolute Gasteiger partial charge is 0.345 e. The average molecular weight is 494 g/mol. The maximum atomic E-state index is 15.0. The third kappa shape index (κ3) is 4.52. The first kappa shape index (κ1) is 24.2. The van der Waals surface area contributed by atoms with E-state index >= 15 is 0 Å². The van der Waals surface area contributed by atoms with Crippen molar-refractivity contribution < 1.29 is 18.4 Å². The van der Waals surface area contributed by atoms with E-state index in [1.165, 1.54) is 28.8 Å². The van der Waals surface area contributed by atoms with Gasteiger partial charge in [-0.05, 0) is 55.4 Å². The summed E-state index contributed by atoms with van der Waals surface area (Å²) in [5.74, 6) is -1.40. The van der Waals surface area contributed by atoms with Gasteiger partial charge >= 0.3 is 0 Å². The zero-order valence-electron chi connectivity index (χ0n) is 20.2. The Morgan fingerprint density at radius 1 is 1.14 bits per heavy atom. The van der Waals surface area contributed by atoms with Crippen LogP contribution in [0.5, 0.6) is 0 Å². The molecule has 0 bridgehead atoms. The van der Waals surface area contributed by atoms with E-state index in [0.29, 0.717) is 37.1 Å². The van der Waals surface area contributed by atoms with Gasteiger partial charge < -0.3 is 14.8 Å². The molecular weight excluding hydrogens is 464 g/mol. The van der Waals surface area contributed by atoms with Gasteiger partial charge in [-0.15, -0.1) is 0 Å². The van der Waals surface area contributed by atoms with Crippen LogP contribution < -0.4 is 10.9 Å². The van der Waals surface area contributed by atoms with Gasteiger partial charge in [0.15, 0.2) is 0 Å². The molecule has 0 radical (unpaired) electrons.